The van der Waals surface area contributed by atoms with E-state index in [0.29, 0.717) is 13.2 Å². The minimum Gasteiger partial charge on any atom is -0.494 e. The van der Waals surface area contributed by atoms with E-state index in [2.05, 4.69) is 229 Å². The second kappa shape index (κ2) is 20.6. The Labute approximate surface area is 367 Å². The number of hydrogen-bond donors (Lipinski definition) is 0. The third-order valence-electron chi connectivity index (χ3n) is 10.9. The Morgan fingerprint density at radius 2 is 0.548 bits per heavy atom. The molecule has 4 heteroatoms. The van der Waals surface area contributed by atoms with Gasteiger partial charge in [-0.15, -0.1) is 13.2 Å². The average Bonchev–Trinajstić information content (AvgIpc) is 3.34. The van der Waals surface area contributed by atoms with Crippen LogP contribution in [-0.4, -0.2) is 13.2 Å². The molecule has 8 aromatic carbocycles. The van der Waals surface area contributed by atoms with Crippen LogP contribution in [0.2, 0.25) is 0 Å². The Bertz CT molecular complexity index is 2420. The molecule has 306 valence electrons. The van der Waals surface area contributed by atoms with Crippen LogP contribution in [0.4, 0.5) is 34.1 Å². The maximum absolute atomic E-state index is 6.03. The lowest BCUT2D eigenvalue weighted by Crippen LogP contribution is -2.10. The van der Waals surface area contributed by atoms with Gasteiger partial charge in [-0.1, -0.05) is 121 Å². The van der Waals surface area contributed by atoms with Gasteiger partial charge in [0.15, 0.2) is 0 Å². The van der Waals surface area contributed by atoms with Crippen molar-refractivity contribution in [2.75, 3.05) is 23.0 Å². The van der Waals surface area contributed by atoms with Crippen LogP contribution in [0.1, 0.15) is 25.7 Å². The van der Waals surface area contributed by atoms with Crippen LogP contribution in [0.3, 0.4) is 0 Å². The van der Waals surface area contributed by atoms with Gasteiger partial charge in [0, 0.05) is 34.1 Å². The van der Waals surface area contributed by atoms with Crippen molar-refractivity contribution in [1.29, 1.82) is 0 Å². The fraction of sp³-hybridized carbons (Fsp3) is 0.103. The third-order valence-corrected chi connectivity index (χ3v) is 10.9. The fourth-order valence-corrected chi connectivity index (χ4v) is 7.59. The van der Waals surface area contributed by atoms with Crippen LogP contribution in [-0.2, 0) is 0 Å². The second-order valence-electron chi connectivity index (χ2n) is 15.1. The van der Waals surface area contributed by atoms with Crippen molar-refractivity contribution in [2.24, 2.45) is 0 Å². The highest BCUT2D eigenvalue weighted by Crippen LogP contribution is 2.40. The molecule has 0 heterocycles. The first kappa shape index (κ1) is 41.2. The molecule has 0 N–H and O–H groups in total. The maximum atomic E-state index is 6.03. The molecule has 0 unspecified atom stereocenters. The lowest BCUT2D eigenvalue weighted by Gasteiger charge is -2.26. The van der Waals surface area contributed by atoms with Gasteiger partial charge in [0.1, 0.15) is 11.5 Å². The van der Waals surface area contributed by atoms with Gasteiger partial charge in [-0.25, -0.2) is 0 Å². The molecule has 0 bridgehead atoms. The van der Waals surface area contributed by atoms with Crippen molar-refractivity contribution in [3.63, 3.8) is 0 Å². The molecular formula is C58H52N2O2. The minimum absolute atomic E-state index is 0.665. The molecule has 0 saturated carbocycles. The van der Waals surface area contributed by atoms with E-state index in [4.69, 9.17) is 9.47 Å². The highest BCUT2D eigenvalue weighted by molar-refractivity contribution is 5.82. The average molecular weight is 809 g/mol. The van der Waals surface area contributed by atoms with E-state index in [9.17, 15) is 0 Å². The summed E-state index contributed by atoms with van der Waals surface area (Å²) in [7, 11) is 0. The number of hydrogen-bond acceptors (Lipinski definition) is 4. The van der Waals surface area contributed by atoms with Gasteiger partial charge in [0.25, 0.3) is 0 Å². The normalized spacial score (nSPS) is 10.8. The molecule has 8 rings (SSSR count). The summed E-state index contributed by atoms with van der Waals surface area (Å²) >= 11 is 0. The van der Waals surface area contributed by atoms with Crippen molar-refractivity contribution in [1.82, 2.24) is 0 Å². The zero-order valence-electron chi connectivity index (χ0n) is 35.2. The summed E-state index contributed by atoms with van der Waals surface area (Å²) < 4.78 is 12.1. The zero-order chi connectivity index (χ0) is 42.4. The Kier molecular flexibility index (Phi) is 13.7. The van der Waals surface area contributed by atoms with Gasteiger partial charge in [-0.3, -0.25) is 0 Å². The lowest BCUT2D eigenvalue weighted by molar-refractivity contribution is 0.312. The highest BCUT2D eigenvalue weighted by atomic mass is 16.5. The molecule has 4 nitrogen and oxygen atoms in total. The summed E-state index contributed by atoms with van der Waals surface area (Å²) in [6, 6.07) is 72.9. The SMILES string of the molecule is C=CCCCOc1ccc(N(c2ccc(-c3ccccc3)cc2)c2ccc(-c3ccc(N(c4ccc(OCCCC=C)cc4)c4ccc(-c5ccccc5)cc4)cc3)cc2)cc1. The molecule has 0 spiro atoms. The fourth-order valence-electron chi connectivity index (χ4n) is 7.59. The van der Waals surface area contributed by atoms with E-state index >= 15 is 0 Å². The second-order valence-corrected chi connectivity index (χ2v) is 15.1. The van der Waals surface area contributed by atoms with Crippen LogP contribution in [0.5, 0.6) is 11.5 Å². The van der Waals surface area contributed by atoms with E-state index in [1.165, 1.54) is 22.3 Å². The highest BCUT2D eigenvalue weighted by Gasteiger charge is 2.16. The van der Waals surface area contributed by atoms with Crippen molar-refractivity contribution in [3.8, 4) is 44.9 Å². The third kappa shape index (κ3) is 10.2. The number of allylic oxidation sites excluding steroid dienone is 2. The summed E-state index contributed by atoms with van der Waals surface area (Å²) in [5.74, 6) is 1.72. The first-order valence-corrected chi connectivity index (χ1v) is 21.5. The molecule has 0 fully saturated rings. The molecule has 62 heavy (non-hydrogen) atoms. The summed E-state index contributed by atoms with van der Waals surface area (Å²) in [5.41, 5.74) is 13.4. The Morgan fingerprint density at radius 3 is 0.806 bits per heavy atom. The number of benzene rings is 8. The topological polar surface area (TPSA) is 24.9 Å². The van der Waals surface area contributed by atoms with Gasteiger partial charge in [-0.05, 0) is 156 Å². The van der Waals surface area contributed by atoms with Gasteiger partial charge in [0.05, 0.1) is 13.2 Å². The molecule has 0 aromatic heterocycles. The molecule has 0 atom stereocenters. The molecule has 8 aromatic rings. The van der Waals surface area contributed by atoms with Crippen molar-refractivity contribution < 1.29 is 9.47 Å². The summed E-state index contributed by atoms with van der Waals surface area (Å²) in [4.78, 5) is 4.59. The predicted octanol–water partition coefficient (Wildman–Crippen LogP) is 16.3. The first-order chi connectivity index (χ1) is 30.7. The van der Waals surface area contributed by atoms with Gasteiger partial charge in [-0.2, -0.15) is 0 Å². The molecular weight excluding hydrogens is 757 g/mol. The Hall–Kier alpha value is -7.56. The van der Waals surface area contributed by atoms with Crippen molar-refractivity contribution in [2.45, 2.75) is 25.7 Å². The number of ether oxygens (including phenoxy) is 2. The summed E-state index contributed by atoms with van der Waals surface area (Å²) in [6.07, 6.45) is 7.63. The smallest absolute Gasteiger partial charge is 0.119 e. The van der Waals surface area contributed by atoms with Crippen LogP contribution in [0.25, 0.3) is 33.4 Å². The molecule has 0 aliphatic rings. The molecule has 0 amide bonds. The van der Waals surface area contributed by atoms with Crippen LogP contribution in [0.15, 0.2) is 232 Å². The number of rotatable bonds is 19. The number of unbranched alkanes of at least 4 members (excludes halogenated alkanes) is 2. The van der Waals surface area contributed by atoms with E-state index in [0.717, 1.165) is 82.4 Å². The molecule has 0 aliphatic carbocycles. The van der Waals surface area contributed by atoms with Crippen LogP contribution < -0.4 is 19.3 Å². The van der Waals surface area contributed by atoms with Crippen molar-refractivity contribution >= 4 is 34.1 Å². The number of anilines is 6. The standard InChI is InChI=1S/C58H52N2O2/c1-3-5-13-43-61-57-39-35-55(36-40-57)59(51-27-19-47(20-28-51)45-15-9-7-10-16-45)53-31-23-49(24-32-53)50-25-33-54(34-26-50)60(56-37-41-58(42-38-56)62-44-14-6-4-2)52-29-21-48(22-30-52)46-17-11-8-12-18-46/h3-4,7-12,15-42H,1-2,5-6,13-14,43-44H2. The summed E-state index contributed by atoms with van der Waals surface area (Å²) in [6.45, 7) is 8.98. The van der Waals surface area contributed by atoms with Gasteiger partial charge in [0.2, 0.25) is 0 Å². The largest absolute Gasteiger partial charge is 0.494 e. The quantitative estimate of drug-likeness (QED) is 0.0600. The van der Waals surface area contributed by atoms with Gasteiger partial charge < -0.3 is 19.3 Å². The molecule has 0 radical (unpaired) electrons. The Balaban J connectivity index is 1.06. The van der Waals surface area contributed by atoms with E-state index < -0.39 is 0 Å². The Morgan fingerprint density at radius 1 is 0.306 bits per heavy atom. The van der Waals surface area contributed by atoms with Crippen LogP contribution >= 0.6 is 0 Å². The summed E-state index contributed by atoms with van der Waals surface area (Å²) in [5, 5.41) is 0. The molecule has 0 aliphatic heterocycles. The first-order valence-electron chi connectivity index (χ1n) is 21.5. The molecule has 0 saturated heterocycles. The monoisotopic (exact) mass is 808 g/mol. The van der Waals surface area contributed by atoms with E-state index in [1.807, 2.05) is 12.2 Å². The van der Waals surface area contributed by atoms with Crippen molar-refractivity contribution in [3.05, 3.63) is 232 Å². The van der Waals surface area contributed by atoms with E-state index in [-0.39, 0.29) is 0 Å². The maximum Gasteiger partial charge on any atom is 0.119 e. The predicted molar refractivity (Wildman–Crippen MR) is 262 cm³/mol. The number of nitrogens with zero attached hydrogens (tertiary/aromatic N) is 2. The zero-order valence-corrected chi connectivity index (χ0v) is 35.2. The van der Waals surface area contributed by atoms with Gasteiger partial charge >= 0.3 is 0 Å². The minimum atomic E-state index is 0.665. The van der Waals surface area contributed by atoms with E-state index in [1.54, 1.807) is 0 Å². The van der Waals surface area contributed by atoms with Crippen LogP contribution in [0, 0.1) is 0 Å². The lowest BCUT2D eigenvalue weighted by atomic mass is 10.0.